The summed E-state index contributed by atoms with van der Waals surface area (Å²) in [6.07, 6.45) is -0.325. The molecule has 2 rings (SSSR count). The van der Waals surface area contributed by atoms with Crippen molar-refractivity contribution in [3.8, 4) is 0 Å². The van der Waals surface area contributed by atoms with Crippen LogP contribution in [0.5, 0.6) is 0 Å². The summed E-state index contributed by atoms with van der Waals surface area (Å²) in [4.78, 5) is 0. The molecule has 0 bridgehead atoms. The molecule has 0 fully saturated rings. The third kappa shape index (κ3) is 3.14. The molecule has 0 amide bonds. The number of fused-ring (bicyclic) bond motifs is 1. The van der Waals surface area contributed by atoms with Crippen molar-refractivity contribution in [3.05, 3.63) is 48.0 Å². The highest BCUT2D eigenvalue weighted by molar-refractivity contribution is 5.83. The first kappa shape index (κ1) is 14.0. The molecule has 0 aliphatic rings. The lowest BCUT2D eigenvalue weighted by molar-refractivity contribution is 0.0961. The van der Waals surface area contributed by atoms with Crippen LogP contribution in [0.25, 0.3) is 10.8 Å². The fourth-order valence-electron chi connectivity index (χ4n) is 2.56. The molecule has 0 saturated heterocycles. The van der Waals surface area contributed by atoms with Crippen LogP contribution < -0.4 is 5.32 Å². The molecule has 0 unspecified atom stereocenters. The maximum Gasteiger partial charge on any atom is 0.0643 e. The SMILES string of the molecule is CNC[C@@H](c1ccc2ccccc2c1)[C@H](O)C(C)C. The first-order valence-electron chi connectivity index (χ1n) is 6.95. The predicted molar refractivity (Wildman–Crippen MR) is 81.5 cm³/mol. The molecule has 2 atom stereocenters. The van der Waals surface area contributed by atoms with Gasteiger partial charge in [-0.2, -0.15) is 0 Å². The third-order valence-electron chi connectivity index (χ3n) is 3.72. The summed E-state index contributed by atoms with van der Waals surface area (Å²) in [5.74, 6) is 0.388. The molecule has 0 heterocycles. The zero-order valence-corrected chi connectivity index (χ0v) is 11.9. The number of rotatable bonds is 5. The molecule has 2 nitrogen and oxygen atoms in total. The summed E-state index contributed by atoms with van der Waals surface area (Å²) in [7, 11) is 1.93. The van der Waals surface area contributed by atoms with Gasteiger partial charge in [-0.1, -0.05) is 56.3 Å². The molecular formula is C17H23NO. The number of hydrogen-bond acceptors (Lipinski definition) is 2. The van der Waals surface area contributed by atoms with E-state index in [1.807, 2.05) is 7.05 Å². The van der Waals surface area contributed by atoms with Gasteiger partial charge in [0.15, 0.2) is 0 Å². The lowest BCUT2D eigenvalue weighted by atomic mass is 9.86. The lowest BCUT2D eigenvalue weighted by Crippen LogP contribution is -2.31. The smallest absolute Gasteiger partial charge is 0.0643 e. The molecule has 2 N–H and O–H groups in total. The van der Waals surface area contributed by atoms with Gasteiger partial charge in [0.2, 0.25) is 0 Å². The zero-order valence-electron chi connectivity index (χ0n) is 11.9. The van der Waals surface area contributed by atoms with Crippen molar-refractivity contribution in [2.24, 2.45) is 5.92 Å². The summed E-state index contributed by atoms with van der Waals surface area (Å²) in [6, 6.07) is 14.8. The van der Waals surface area contributed by atoms with Gasteiger partial charge in [0.25, 0.3) is 0 Å². The van der Waals surface area contributed by atoms with E-state index in [9.17, 15) is 5.11 Å². The van der Waals surface area contributed by atoms with E-state index in [2.05, 4.69) is 61.6 Å². The summed E-state index contributed by atoms with van der Waals surface area (Å²) >= 11 is 0. The molecule has 2 heteroatoms. The fourth-order valence-corrected chi connectivity index (χ4v) is 2.56. The van der Waals surface area contributed by atoms with Crippen LogP contribution in [0.3, 0.4) is 0 Å². The Morgan fingerprint density at radius 2 is 1.74 bits per heavy atom. The molecule has 102 valence electrons. The maximum absolute atomic E-state index is 10.4. The van der Waals surface area contributed by atoms with Gasteiger partial charge < -0.3 is 10.4 Å². The Bertz CT molecular complexity index is 536. The van der Waals surface area contributed by atoms with Crippen LogP contribution in [0.2, 0.25) is 0 Å². The van der Waals surface area contributed by atoms with Crippen LogP contribution in [-0.4, -0.2) is 24.8 Å². The van der Waals surface area contributed by atoms with Crippen LogP contribution in [-0.2, 0) is 0 Å². The van der Waals surface area contributed by atoms with Crippen molar-refractivity contribution in [1.82, 2.24) is 5.32 Å². The Balaban J connectivity index is 2.38. The van der Waals surface area contributed by atoms with Gasteiger partial charge in [0.05, 0.1) is 6.10 Å². The van der Waals surface area contributed by atoms with E-state index in [0.717, 1.165) is 6.54 Å². The Labute approximate surface area is 115 Å². The standard InChI is InChI=1S/C17H23NO/c1-12(2)17(19)16(11-18-3)15-9-8-13-6-4-5-7-14(13)10-15/h4-10,12,16-19H,11H2,1-3H3/t16-,17+/m0/s1. The first-order chi connectivity index (χ1) is 9.13. The van der Waals surface area contributed by atoms with Gasteiger partial charge in [-0.05, 0) is 29.3 Å². The van der Waals surface area contributed by atoms with Gasteiger partial charge in [-0.3, -0.25) is 0 Å². The third-order valence-corrected chi connectivity index (χ3v) is 3.72. The maximum atomic E-state index is 10.4. The minimum Gasteiger partial charge on any atom is -0.392 e. The fraction of sp³-hybridized carbons (Fsp3) is 0.412. The number of likely N-dealkylation sites (N-methyl/N-ethyl adjacent to an activating group) is 1. The predicted octanol–water partition coefficient (Wildman–Crippen LogP) is 3.16. The van der Waals surface area contributed by atoms with Crippen LogP contribution in [0.1, 0.15) is 25.3 Å². The van der Waals surface area contributed by atoms with Crippen LogP contribution in [0.15, 0.2) is 42.5 Å². The van der Waals surface area contributed by atoms with Crippen molar-refractivity contribution < 1.29 is 5.11 Å². The molecule has 0 spiro atoms. The Kier molecular flexibility index (Phi) is 4.56. The molecule has 2 aromatic rings. The molecule has 0 saturated carbocycles. The van der Waals surface area contributed by atoms with E-state index in [4.69, 9.17) is 0 Å². The van der Waals surface area contributed by atoms with E-state index < -0.39 is 0 Å². The minimum absolute atomic E-state index is 0.134. The summed E-state index contributed by atoms with van der Waals surface area (Å²) < 4.78 is 0. The molecular weight excluding hydrogens is 234 g/mol. The van der Waals surface area contributed by atoms with Crippen LogP contribution >= 0.6 is 0 Å². The normalized spacial score (nSPS) is 14.8. The first-order valence-corrected chi connectivity index (χ1v) is 6.95. The highest BCUT2D eigenvalue weighted by Crippen LogP contribution is 2.27. The van der Waals surface area contributed by atoms with Crippen molar-refractivity contribution in [1.29, 1.82) is 0 Å². The summed E-state index contributed by atoms with van der Waals surface area (Å²) in [5, 5.41) is 16.1. The van der Waals surface area contributed by atoms with E-state index in [1.54, 1.807) is 0 Å². The second kappa shape index (κ2) is 6.18. The van der Waals surface area contributed by atoms with Gasteiger partial charge >= 0.3 is 0 Å². The van der Waals surface area contributed by atoms with Crippen LogP contribution in [0, 0.1) is 5.92 Å². The van der Waals surface area contributed by atoms with Crippen molar-refractivity contribution in [3.63, 3.8) is 0 Å². The summed E-state index contributed by atoms with van der Waals surface area (Å²) in [5.41, 5.74) is 1.20. The quantitative estimate of drug-likeness (QED) is 0.862. The minimum atomic E-state index is -0.325. The number of benzene rings is 2. The van der Waals surface area contributed by atoms with Crippen molar-refractivity contribution in [2.75, 3.05) is 13.6 Å². The number of nitrogens with one attached hydrogen (secondary N) is 1. The second-order valence-corrected chi connectivity index (χ2v) is 5.51. The van der Waals surface area contributed by atoms with Gasteiger partial charge in [-0.15, -0.1) is 0 Å². The van der Waals surface area contributed by atoms with E-state index in [-0.39, 0.29) is 17.9 Å². The summed E-state index contributed by atoms with van der Waals surface area (Å²) in [6.45, 7) is 4.92. The lowest BCUT2D eigenvalue weighted by Gasteiger charge is -2.26. The average molecular weight is 257 g/mol. The largest absolute Gasteiger partial charge is 0.392 e. The Hall–Kier alpha value is -1.38. The van der Waals surface area contributed by atoms with Gasteiger partial charge in [0.1, 0.15) is 0 Å². The van der Waals surface area contributed by atoms with Gasteiger partial charge in [-0.25, -0.2) is 0 Å². The highest BCUT2D eigenvalue weighted by atomic mass is 16.3. The number of hydrogen-bond donors (Lipinski definition) is 2. The Morgan fingerprint density at radius 3 is 2.37 bits per heavy atom. The highest BCUT2D eigenvalue weighted by Gasteiger charge is 2.23. The van der Waals surface area contributed by atoms with Crippen molar-refractivity contribution >= 4 is 10.8 Å². The van der Waals surface area contributed by atoms with E-state index in [1.165, 1.54) is 16.3 Å². The van der Waals surface area contributed by atoms with Crippen LogP contribution in [0.4, 0.5) is 0 Å². The second-order valence-electron chi connectivity index (χ2n) is 5.51. The van der Waals surface area contributed by atoms with Crippen molar-refractivity contribution in [2.45, 2.75) is 25.9 Å². The van der Waals surface area contributed by atoms with Gasteiger partial charge in [0, 0.05) is 12.5 Å². The average Bonchev–Trinajstić information content (AvgIpc) is 2.43. The monoisotopic (exact) mass is 257 g/mol. The number of aliphatic hydroxyl groups is 1. The molecule has 0 aliphatic heterocycles. The molecule has 19 heavy (non-hydrogen) atoms. The molecule has 0 aromatic heterocycles. The zero-order chi connectivity index (χ0) is 13.8. The van der Waals surface area contributed by atoms with E-state index >= 15 is 0 Å². The molecule has 0 radical (unpaired) electrons. The molecule has 0 aliphatic carbocycles. The topological polar surface area (TPSA) is 32.3 Å². The Morgan fingerprint density at radius 1 is 1.05 bits per heavy atom. The number of aliphatic hydroxyl groups excluding tert-OH is 1. The molecule has 2 aromatic carbocycles. The van der Waals surface area contributed by atoms with E-state index in [0.29, 0.717) is 0 Å².